The first-order valence-corrected chi connectivity index (χ1v) is 7.40. The van der Waals surface area contributed by atoms with Gasteiger partial charge in [-0.2, -0.15) is 24.9 Å². The Morgan fingerprint density at radius 3 is 2.63 bits per heavy atom. The Kier molecular flexibility index (Phi) is 5.93. The minimum absolute atomic E-state index is 0.141. The highest BCUT2D eigenvalue weighted by molar-refractivity contribution is 7.98. The SMILES string of the molecule is CSCCCNc1ccc(C(F)(F)F)c(C(N)=S)c1. The van der Waals surface area contributed by atoms with E-state index in [-0.39, 0.29) is 10.6 Å². The van der Waals surface area contributed by atoms with Crippen molar-refractivity contribution in [2.75, 3.05) is 23.9 Å². The number of nitrogens with two attached hydrogens (primary N) is 1. The summed E-state index contributed by atoms with van der Waals surface area (Å²) in [6, 6.07) is 3.75. The topological polar surface area (TPSA) is 38.0 Å². The van der Waals surface area contributed by atoms with Crippen LogP contribution in [0.15, 0.2) is 18.2 Å². The lowest BCUT2D eigenvalue weighted by atomic mass is 10.1. The Morgan fingerprint density at radius 1 is 1.42 bits per heavy atom. The van der Waals surface area contributed by atoms with Gasteiger partial charge in [0.15, 0.2) is 0 Å². The third-order valence-corrected chi connectivity index (χ3v) is 3.36. The fourth-order valence-electron chi connectivity index (χ4n) is 1.55. The second-order valence-electron chi connectivity index (χ2n) is 3.90. The molecule has 0 saturated carbocycles. The molecular weight excluding hydrogens is 293 g/mol. The van der Waals surface area contributed by atoms with Gasteiger partial charge >= 0.3 is 6.18 Å². The normalized spacial score (nSPS) is 11.4. The third kappa shape index (κ3) is 4.91. The van der Waals surface area contributed by atoms with E-state index in [0.717, 1.165) is 18.2 Å². The molecule has 0 aliphatic heterocycles. The van der Waals surface area contributed by atoms with Gasteiger partial charge in [0.25, 0.3) is 0 Å². The Balaban J connectivity index is 2.88. The van der Waals surface area contributed by atoms with Crippen LogP contribution in [0.2, 0.25) is 0 Å². The molecule has 0 heterocycles. The zero-order chi connectivity index (χ0) is 14.5. The van der Waals surface area contributed by atoms with Crippen LogP contribution in [0.4, 0.5) is 18.9 Å². The van der Waals surface area contributed by atoms with Gasteiger partial charge < -0.3 is 11.1 Å². The summed E-state index contributed by atoms with van der Waals surface area (Å²) in [6.45, 7) is 0.697. The number of hydrogen-bond acceptors (Lipinski definition) is 3. The molecule has 0 saturated heterocycles. The Hall–Kier alpha value is -0.950. The van der Waals surface area contributed by atoms with Crippen molar-refractivity contribution >= 4 is 34.7 Å². The van der Waals surface area contributed by atoms with Crippen molar-refractivity contribution in [2.45, 2.75) is 12.6 Å². The van der Waals surface area contributed by atoms with Crippen LogP contribution < -0.4 is 11.1 Å². The number of halogens is 3. The summed E-state index contributed by atoms with van der Waals surface area (Å²) in [5.74, 6) is 0.996. The molecule has 1 aromatic carbocycles. The molecule has 0 bridgehead atoms. The summed E-state index contributed by atoms with van der Waals surface area (Å²) >= 11 is 6.40. The monoisotopic (exact) mass is 308 g/mol. The number of hydrogen-bond donors (Lipinski definition) is 2. The second-order valence-corrected chi connectivity index (χ2v) is 5.32. The molecular formula is C12H15F3N2S2. The summed E-state index contributed by atoms with van der Waals surface area (Å²) in [5.41, 5.74) is 5.01. The average Bonchev–Trinajstić information content (AvgIpc) is 2.33. The minimum atomic E-state index is -4.45. The van der Waals surface area contributed by atoms with Crippen molar-refractivity contribution in [2.24, 2.45) is 5.73 Å². The number of thiocarbonyl (C=S) groups is 1. The molecule has 106 valence electrons. The van der Waals surface area contributed by atoms with Gasteiger partial charge in [-0.1, -0.05) is 12.2 Å². The van der Waals surface area contributed by atoms with E-state index in [1.54, 1.807) is 11.8 Å². The molecule has 0 aromatic heterocycles. The largest absolute Gasteiger partial charge is 0.417 e. The van der Waals surface area contributed by atoms with E-state index in [1.165, 1.54) is 12.1 Å². The predicted molar refractivity (Wildman–Crippen MR) is 78.8 cm³/mol. The zero-order valence-electron chi connectivity index (χ0n) is 10.4. The van der Waals surface area contributed by atoms with Crippen molar-refractivity contribution in [3.8, 4) is 0 Å². The number of rotatable bonds is 6. The van der Waals surface area contributed by atoms with Crippen LogP contribution in [-0.4, -0.2) is 23.5 Å². The highest BCUT2D eigenvalue weighted by atomic mass is 32.2. The van der Waals surface area contributed by atoms with E-state index >= 15 is 0 Å². The molecule has 3 N–H and O–H groups in total. The first-order valence-electron chi connectivity index (χ1n) is 5.60. The van der Waals surface area contributed by atoms with E-state index < -0.39 is 11.7 Å². The van der Waals surface area contributed by atoms with Gasteiger partial charge in [0.2, 0.25) is 0 Å². The van der Waals surface area contributed by atoms with E-state index in [1.807, 2.05) is 6.26 Å². The van der Waals surface area contributed by atoms with Crippen LogP contribution in [-0.2, 0) is 6.18 Å². The Labute approximate surface area is 119 Å². The summed E-state index contributed by atoms with van der Waals surface area (Å²) < 4.78 is 38.3. The lowest BCUT2D eigenvalue weighted by molar-refractivity contribution is -0.137. The molecule has 0 spiro atoms. The number of thioether (sulfide) groups is 1. The van der Waals surface area contributed by atoms with Crippen LogP contribution in [0, 0.1) is 0 Å². The van der Waals surface area contributed by atoms with Crippen LogP contribution in [0.3, 0.4) is 0 Å². The van der Waals surface area contributed by atoms with Crippen LogP contribution >= 0.6 is 24.0 Å². The predicted octanol–water partition coefficient (Wildman–Crippen LogP) is 3.50. The maximum absolute atomic E-state index is 12.8. The fraction of sp³-hybridized carbons (Fsp3) is 0.417. The van der Waals surface area contributed by atoms with Crippen molar-refractivity contribution in [1.29, 1.82) is 0 Å². The summed E-state index contributed by atoms with van der Waals surface area (Å²) in [7, 11) is 0. The Morgan fingerprint density at radius 2 is 2.11 bits per heavy atom. The lowest BCUT2D eigenvalue weighted by Gasteiger charge is -2.14. The molecule has 1 rings (SSSR count). The lowest BCUT2D eigenvalue weighted by Crippen LogP contribution is -2.18. The van der Waals surface area contributed by atoms with Gasteiger partial charge in [-0.3, -0.25) is 0 Å². The van der Waals surface area contributed by atoms with Crippen LogP contribution in [0.25, 0.3) is 0 Å². The quantitative estimate of drug-likeness (QED) is 0.623. The standard InChI is InChI=1S/C12H15F3N2S2/c1-19-6-2-5-17-8-3-4-10(12(13,14)15)9(7-8)11(16)18/h3-4,7,17H,2,5-6H2,1H3,(H2,16,18). The van der Waals surface area contributed by atoms with Crippen molar-refractivity contribution < 1.29 is 13.2 Å². The number of alkyl halides is 3. The Bertz CT molecular complexity index is 447. The zero-order valence-corrected chi connectivity index (χ0v) is 12.0. The van der Waals surface area contributed by atoms with Crippen molar-refractivity contribution in [3.63, 3.8) is 0 Å². The number of nitrogens with one attached hydrogen (secondary N) is 1. The van der Waals surface area contributed by atoms with Gasteiger partial charge in [-0.15, -0.1) is 0 Å². The molecule has 0 amide bonds. The van der Waals surface area contributed by atoms with E-state index in [9.17, 15) is 13.2 Å². The average molecular weight is 308 g/mol. The summed E-state index contributed by atoms with van der Waals surface area (Å²) in [6.07, 6.45) is -1.51. The summed E-state index contributed by atoms with van der Waals surface area (Å²) in [5, 5.41) is 3.06. The van der Waals surface area contributed by atoms with Crippen LogP contribution in [0.1, 0.15) is 17.5 Å². The third-order valence-electron chi connectivity index (χ3n) is 2.44. The molecule has 0 unspecified atom stereocenters. The molecule has 2 nitrogen and oxygen atoms in total. The first-order chi connectivity index (χ1) is 8.86. The van der Waals surface area contributed by atoms with Crippen LogP contribution in [0.5, 0.6) is 0 Å². The minimum Gasteiger partial charge on any atom is -0.389 e. The second kappa shape index (κ2) is 7.00. The molecule has 7 heteroatoms. The molecule has 0 aliphatic rings. The van der Waals surface area contributed by atoms with Gasteiger partial charge in [-0.25, -0.2) is 0 Å². The maximum atomic E-state index is 12.8. The highest BCUT2D eigenvalue weighted by Crippen LogP contribution is 2.33. The van der Waals surface area contributed by atoms with E-state index in [2.05, 4.69) is 17.5 Å². The van der Waals surface area contributed by atoms with Gasteiger partial charge in [0.05, 0.1) is 5.56 Å². The molecule has 1 aromatic rings. The first kappa shape index (κ1) is 16.1. The number of anilines is 1. The fourth-order valence-corrected chi connectivity index (χ4v) is 2.16. The highest BCUT2D eigenvalue weighted by Gasteiger charge is 2.33. The van der Waals surface area contributed by atoms with E-state index in [4.69, 9.17) is 5.73 Å². The molecule has 0 aliphatic carbocycles. The smallest absolute Gasteiger partial charge is 0.389 e. The molecule has 19 heavy (non-hydrogen) atoms. The number of benzene rings is 1. The van der Waals surface area contributed by atoms with Crippen molar-refractivity contribution in [1.82, 2.24) is 0 Å². The molecule has 0 radical (unpaired) electrons. The van der Waals surface area contributed by atoms with E-state index in [0.29, 0.717) is 12.2 Å². The molecule has 0 fully saturated rings. The van der Waals surface area contributed by atoms with Gasteiger partial charge in [0.1, 0.15) is 4.99 Å². The summed E-state index contributed by atoms with van der Waals surface area (Å²) in [4.78, 5) is -0.250. The van der Waals surface area contributed by atoms with Gasteiger partial charge in [0, 0.05) is 17.8 Å². The van der Waals surface area contributed by atoms with Crippen molar-refractivity contribution in [3.05, 3.63) is 29.3 Å². The maximum Gasteiger partial charge on any atom is 0.417 e. The molecule has 0 atom stereocenters. The van der Waals surface area contributed by atoms with Gasteiger partial charge in [-0.05, 0) is 36.6 Å².